The number of nitrogens with two attached hydrogens (primary N) is 2. The number of anilines is 3. The van der Waals surface area contributed by atoms with Gasteiger partial charge in [-0.05, 0) is 29.7 Å². The highest BCUT2D eigenvalue weighted by molar-refractivity contribution is 6.35. The molecule has 4 aromatic rings. The third-order valence-corrected chi connectivity index (χ3v) is 5.34. The fourth-order valence-corrected chi connectivity index (χ4v) is 3.74. The van der Waals surface area contributed by atoms with Gasteiger partial charge in [-0.1, -0.05) is 53.5 Å². The minimum absolute atomic E-state index is 0.0286. The minimum Gasteiger partial charge on any atom is -0.382 e. The zero-order valence-electron chi connectivity index (χ0n) is 15.8. The molecule has 0 fully saturated rings. The van der Waals surface area contributed by atoms with Gasteiger partial charge in [0, 0.05) is 24.3 Å². The van der Waals surface area contributed by atoms with Crippen LogP contribution in [0.3, 0.4) is 0 Å². The molecule has 7 nitrogen and oxygen atoms in total. The summed E-state index contributed by atoms with van der Waals surface area (Å²) in [5, 5.41) is 5.01. The van der Waals surface area contributed by atoms with Crippen LogP contribution >= 0.6 is 23.2 Å². The average molecular weight is 441 g/mol. The molecule has 2 heterocycles. The first kappa shape index (κ1) is 20.0. The molecule has 0 aliphatic rings. The maximum atomic E-state index is 13.3. The van der Waals surface area contributed by atoms with Crippen LogP contribution in [0.1, 0.15) is 5.69 Å². The lowest BCUT2D eigenvalue weighted by atomic mass is 10.1. The van der Waals surface area contributed by atoms with Gasteiger partial charge in [0.15, 0.2) is 5.82 Å². The van der Waals surface area contributed by atoms with Gasteiger partial charge >= 0.3 is 0 Å². The molecule has 2 aromatic carbocycles. The Morgan fingerprint density at radius 3 is 2.53 bits per heavy atom. The highest BCUT2D eigenvalue weighted by Gasteiger charge is 2.14. The van der Waals surface area contributed by atoms with Crippen molar-refractivity contribution in [2.45, 2.75) is 6.42 Å². The molecule has 30 heavy (non-hydrogen) atoms. The van der Waals surface area contributed by atoms with E-state index in [4.69, 9.17) is 34.7 Å². The molecule has 0 bridgehead atoms. The van der Waals surface area contributed by atoms with Crippen LogP contribution in [-0.4, -0.2) is 21.1 Å². The van der Waals surface area contributed by atoms with Gasteiger partial charge in [-0.2, -0.15) is 9.97 Å². The van der Waals surface area contributed by atoms with E-state index in [1.807, 2.05) is 48.5 Å². The summed E-state index contributed by atoms with van der Waals surface area (Å²) in [7, 11) is 0. The molecule has 0 saturated carbocycles. The highest BCUT2D eigenvalue weighted by Crippen LogP contribution is 2.26. The highest BCUT2D eigenvalue weighted by atomic mass is 35.5. The maximum Gasteiger partial charge on any atom is 0.264 e. The van der Waals surface area contributed by atoms with Crippen LogP contribution in [0.25, 0.3) is 16.5 Å². The number of fused-ring (bicyclic) bond motifs is 1. The van der Waals surface area contributed by atoms with E-state index in [-0.39, 0.29) is 22.3 Å². The van der Waals surface area contributed by atoms with Crippen molar-refractivity contribution in [3.05, 3.63) is 80.7 Å². The molecule has 2 aromatic heterocycles. The van der Waals surface area contributed by atoms with Crippen molar-refractivity contribution in [3.63, 3.8) is 0 Å². The summed E-state index contributed by atoms with van der Waals surface area (Å²) in [5.74, 6) is 0.480. The Labute approximate surface area is 182 Å². The lowest BCUT2D eigenvalue weighted by Crippen LogP contribution is -2.24. The first-order chi connectivity index (χ1) is 14.5. The standard InChI is InChI=1S/C21H18Cl2N6O/c22-15-8-4-5-12-11-14(9-10-26-19-17(23)18(24)27-21(25)28-19)29(20(30)16(12)15)13-6-2-1-3-7-13/h1-8,11H,9-10H2,(H5,24,25,26,27,28). The van der Waals surface area contributed by atoms with E-state index in [0.717, 1.165) is 16.8 Å². The van der Waals surface area contributed by atoms with Gasteiger partial charge in [-0.15, -0.1) is 0 Å². The summed E-state index contributed by atoms with van der Waals surface area (Å²) < 4.78 is 1.67. The minimum atomic E-state index is -0.173. The third-order valence-electron chi connectivity index (χ3n) is 4.65. The fraction of sp³-hybridized carbons (Fsp3) is 0.0952. The molecule has 0 aliphatic heterocycles. The van der Waals surface area contributed by atoms with Crippen molar-refractivity contribution in [2.24, 2.45) is 0 Å². The van der Waals surface area contributed by atoms with Gasteiger partial charge in [0.1, 0.15) is 10.8 Å². The molecule has 5 N–H and O–H groups in total. The number of nitrogen functional groups attached to an aromatic ring is 2. The van der Waals surface area contributed by atoms with Gasteiger partial charge in [0.2, 0.25) is 5.95 Å². The predicted molar refractivity (Wildman–Crippen MR) is 123 cm³/mol. The second-order valence-corrected chi connectivity index (χ2v) is 7.41. The molecule has 0 saturated heterocycles. The summed E-state index contributed by atoms with van der Waals surface area (Å²) in [5.41, 5.74) is 12.8. The lowest BCUT2D eigenvalue weighted by molar-refractivity contribution is 0.859. The number of nitrogens with one attached hydrogen (secondary N) is 1. The van der Waals surface area contributed by atoms with Crippen molar-refractivity contribution >= 4 is 51.6 Å². The van der Waals surface area contributed by atoms with Crippen molar-refractivity contribution in [1.82, 2.24) is 14.5 Å². The van der Waals surface area contributed by atoms with E-state index >= 15 is 0 Å². The van der Waals surface area contributed by atoms with Crippen LogP contribution in [0.5, 0.6) is 0 Å². The Kier molecular flexibility index (Phi) is 5.48. The second-order valence-electron chi connectivity index (χ2n) is 6.62. The number of benzene rings is 2. The van der Waals surface area contributed by atoms with Crippen molar-refractivity contribution < 1.29 is 0 Å². The number of hydrogen-bond acceptors (Lipinski definition) is 6. The predicted octanol–water partition coefficient (Wildman–Crippen LogP) is 3.91. The first-order valence-electron chi connectivity index (χ1n) is 9.16. The van der Waals surface area contributed by atoms with Crippen LogP contribution in [0.4, 0.5) is 17.6 Å². The number of halogens is 2. The van der Waals surface area contributed by atoms with Crippen molar-refractivity contribution in [1.29, 1.82) is 0 Å². The Balaban J connectivity index is 1.74. The zero-order valence-corrected chi connectivity index (χ0v) is 17.3. The number of rotatable bonds is 5. The monoisotopic (exact) mass is 440 g/mol. The molecular weight excluding hydrogens is 423 g/mol. The van der Waals surface area contributed by atoms with E-state index in [0.29, 0.717) is 29.2 Å². The molecule has 9 heteroatoms. The van der Waals surface area contributed by atoms with Gasteiger partial charge in [-0.3, -0.25) is 9.36 Å². The van der Waals surface area contributed by atoms with Gasteiger partial charge in [-0.25, -0.2) is 0 Å². The molecule has 0 atom stereocenters. The quantitative estimate of drug-likeness (QED) is 0.433. The topological polar surface area (TPSA) is 112 Å². The van der Waals surface area contributed by atoms with Gasteiger partial charge < -0.3 is 16.8 Å². The average Bonchev–Trinajstić information content (AvgIpc) is 2.72. The van der Waals surface area contributed by atoms with Crippen molar-refractivity contribution in [3.8, 4) is 5.69 Å². The number of para-hydroxylation sites is 1. The van der Waals surface area contributed by atoms with E-state index in [1.54, 1.807) is 10.6 Å². The molecule has 0 unspecified atom stereocenters. The Bertz CT molecular complexity index is 1290. The number of pyridine rings is 1. The Morgan fingerprint density at radius 2 is 1.77 bits per heavy atom. The van der Waals surface area contributed by atoms with E-state index in [2.05, 4.69) is 15.3 Å². The Morgan fingerprint density at radius 1 is 1.00 bits per heavy atom. The van der Waals surface area contributed by atoms with Gasteiger partial charge in [0.05, 0.1) is 10.4 Å². The van der Waals surface area contributed by atoms with Crippen LogP contribution in [0.15, 0.2) is 59.4 Å². The summed E-state index contributed by atoms with van der Waals surface area (Å²) in [6, 6.07) is 16.8. The van der Waals surface area contributed by atoms with Crippen molar-refractivity contribution in [2.75, 3.05) is 23.3 Å². The molecule has 0 aliphatic carbocycles. The maximum absolute atomic E-state index is 13.3. The SMILES string of the molecule is Nc1nc(N)c(Cl)c(NCCc2cc3cccc(Cl)c3c(=O)n2-c2ccccc2)n1. The Hall–Kier alpha value is -3.29. The number of aromatic nitrogens is 3. The van der Waals surface area contributed by atoms with E-state index < -0.39 is 0 Å². The second kappa shape index (κ2) is 8.22. The van der Waals surface area contributed by atoms with Crippen LogP contribution < -0.4 is 22.3 Å². The first-order valence-corrected chi connectivity index (χ1v) is 9.92. The molecule has 0 spiro atoms. The lowest BCUT2D eigenvalue weighted by Gasteiger charge is -2.16. The van der Waals surface area contributed by atoms with Crippen LogP contribution in [0, 0.1) is 0 Å². The third kappa shape index (κ3) is 3.77. The van der Waals surface area contributed by atoms with E-state index in [9.17, 15) is 4.79 Å². The normalized spacial score (nSPS) is 11.0. The molecule has 0 amide bonds. The molecule has 4 rings (SSSR count). The van der Waals surface area contributed by atoms with Crippen LogP contribution in [-0.2, 0) is 6.42 Å². The van der Waals surface area contributed by atoms with Gasteiger partial charge in [0.25, 0.3) is 5.56 Å². The molecular formula is C21H18Cl2N6O. The fourth-order valence-electron chi connectivity index (χ4n) is 3.33. The zero-order chi connectivity index (χ0) is 21.3. The number of hydrogen-bond donors (Lipinski definition) is 3. The summed E-state index contributed by atoms with van der Waals surface area (Å²) in [4.78, 5) is 21.2. The summed E-state index contributed by atoms with van der Waals surface area (Å²) >= 11 is 12.5. The largest absolute Gasteiger partial charge is 0.382 e. The smallest absolute Gasteiger partial charge is 0.264 e. The number of nitrogens with zero attached hydrogens (tertiary/aromatic N) is 3. The molecule has 152 valence electrons. The molecule has 0 radical (unpaired) electrons. The van der Waals surface area contributed by atoms with Crippen LogP contribution in [0.2, 0.25) is 10.0 Å². The summed E-state index contributed by atoms with van der Waals surface area (Å²) in [6.45, 7) is 0.438. The van der Waals surface area contributed by atoms with E-state index in [1.165, 1.54) is 0 Å². The summed E-state index contributed by atoms with van der Waals surface area (Å²) in [6.07, 6.45) is 0.507.